The molecule has 2 heterocycles. The number of benzene rings is 2. The lowest BCUT2D eigenvalue weighted by Crippen LogP contribution is -2.36. The first kappa shape index (κ1) is 23.1. The van der Waals surface area contributed by atoms with Crippen LogP contribution in [0.5, 0.6) is 0 Å². The number of hydrogen-bond donors (Lipinski definition) is 2. The highest BCUT2D eigenvalue weighted by molar-refractivity contribution is 8.18. The number of aryl methyl sites for hydroxylation is 1. The Morgan fingerprint density at radius 2 is 1.79 bits per heavy atom. The number of carboxylic acid groups (broad SMARTS) is 1. The zero-order valence-electron chi connectivity index (χ0n) is 18.3. The fraction of sp³-hybridized carbons (Fsp3) is 0.120. The van der Waals surface area contributed by atoms with Crippen molar-refractivity contribution in [2.75, 3.05) is 11.9 Å². The van der Waals surface area contributed by atoms with E-state index in [9.17, 15) is 24.3 Å². The number of aromatic carboxylic acids is 1. The lowest BCUT2D eigenvalue weighted by Gasteiger charge is -2.12. The van der Waals surface area contributed by atoms with Gasteiger partial charge in [0.2, 0.25) is 5.91 Å². The molecule has 1 aromatic heterocycles. The smallest absolute Gasteiger partial charge is 0.335 e. The molecule has 0 unspecified atom stereocenters. The number of amides is 3. The first-order valence-electron chi connectivity index (χ1n) is 10.3. The lowest BCUT2D eigenvalue weighted by molar-refractivity contribution is -0.127. The number of hydrogen-bond acceptors (Lipinski definition) is 6. The van der Waals surface area contributed by atoms with Crippen molar-refractivity contribution in [3.8, 4) is 11.3 Å². The largest absolute Gasteiger partial charge is 0.478 e. The van der Waals surface area contributed by atoms with Gasteiger partial charge < -0.3 is 14.8 Å². The molecule has 3 amide bonds. The molecular formula is C25H20N2O6S. The third kappa shape index (κ3) is 4.79. The third-order valence-corrected chi connectivity index (χ3v) is 6.15. The zero-order valence-corrected chi connectivity index (χ0v) is 19.1. The minimum Gasteiger partial charge on any atom is -0.478 e. The van der Waals surface area contributed by atoms with Gasteiger partial charge in [0, 0.05) is 17.3 Å². The van der Waals surface area contributed by atoms with Crippen LogP contribution in [0.2, 0.25) is 0 Å². The standard InChI is InChI=1S/C25H20N2O6S/c1-14-6-8-16(9-7-14)26-22(28)13-27-23(29)21(34-25(27)32)12-17-10-11-20(33-17)18-4-3-5-19(15(18)2)24(30)31/h3-12H,13H2,1-2H3,(H,26,28)(H,30,31)/b21-12-. The van der Waals surface area contributed by atoms with E-state index >= 15 is 0 Å². The minimum absolute atomic E-state index is 0.130. The van der Waals surface area contributed by atoms with E-state index in [0.717, 1.165) is 22.2 Å². The number of imide groups is 1. The molecule has 4 rings (SSSR count). The summed E-state index contributed by atoms with van der Waals surface area (Å²) in [4.78, 5) is 49.8. The number of furan rings is 1. The summed E-state index contributed by atoms with van der Waals surface area (Å²) in [5.74, 6) is -1.35. The van der Waals surface area contributed by atoms with Crippen LogP contribution in [-0.2, 0) is 9.59 Å². The summed E-state index contributed by atoms with van der Waals surface area (Å²) in [6, 6.07) is 15.3. The van der Waals surface area contributed by atoms with Crippen molar-refractivity contribution in [1.29, 1.82) is 0 Å². The molecule has 0 saturated carbocycles. The summed E-state index contributed by atoms with van der Waals surface area (Å²) < 4.78 is 5.79. The molecule has 1 aliphatic heterocycles. The van der Waals surface area contributed by atoms with Crippen LogP contribution in [0.1, 0.15) is 27.2 Å². The molecule has 0 bridgehead atoms. The minimum atomic E-state index is -1.04. The third-order valence-electron chi connectivity index (χ3n) is 5.24. The first-order chi connectivity index (χ1) is 16.2. The summed E-state index contributed by atoms with van der Waals surface area (Å²) in [6.45, 7) is 3.21. The number of nitrogens with one attached hydrogen (secondary N) is 1. The van der Waals surface area contributed by atoms with E-state index in [1.165, 1.54) is 12.1 Å². The normalized spacial score (nSPS) is 14.6. The first-order valence-corrected chi connectivity index (χ1v) is 11.1. The van der Waals surface area contributed by atoms with Crippen molar-refractivity contribution >= 4 is 46.5 Å². The SMILES string of the molecule is Cc1ccc(NC(=O)CN2C(=O)S/C(=C\c3ccc(-c4cccc(C(=O)O)c4C)o3)C2=O)cc1. The molecule has 0 radical (unpaired) electrons. The van der Waals surface area contributed by atoms with Crippen molar-refractivity contribution < 1.29 is 28.7 Å². The van der Waals surface area contributed by atoms with Gasteiger partial charge in [-0.25, -0.2) is 4.79 Å². The van der Waals surface area contributed by atoms with Gasteiger partial charge in [-0.15, -0.1) is 0 Å². The molecule has 1 fully saturated rings. The second kappa shape index (κ2) is 9.40. The Morgan fingerprint density at radius 1 is 1.06 bits per heavy atom. The molecule has 1 aliphatic rings. The van der Waals surface area contributed by atoms with E-state index in [-0.39, 0.29) is 10.5 Å². The Kier molecular flexibility index (Phi) is 6.38. The monoisotopic (exact) mass is 476 g/mol. The fourth-order valence-electron chi connectivity index (χ4n) is 3.46. The topological polar surface area (TPSA) is 117 Å². The second-order valence-electron chi connectivity index (χ2n) is 7.67. The van der Waals surface area contributed by atoms with E-state index in [4.69, 9.17) is 4.42 Å². The summed E-state index contributed by atoms with van der Waals surface area (Å²) in [7, 11) is 0. The predicted octanol–water partition coefficient (Wildman–Crippen LogP) is 4.94. The highest BCUT2D eigenvalue weighted by Crippen LogP contribution is 2.34. The molecule has 1 saturated heterocycles. The molecular weight excluding hydrogens is 456 g/mol. The van der Waals surface area contributed by atoms with Crippen molar-refractivity contribution in [2.45, 2.75) is 13.8 Å². The van der Waals surface area contributed by atoms with Gasteiger partial charge in [0.05, 0.1) is 10.5 Å². The average molecular weight is 477 g/mol. The molecule has 2 aromatic carbocycles. The van der Waals surface area contributed by atoms with Crippen molar-refractivity contribution in [3.63, 3.8) is 0 Å². The number of carbonyl (C=O) groups excluding carboxylic acids is 3. The Hall–Kier alpha value is -4.11. The summed E-state index contributed by atoms with van der Waals surface area (Å²) in [5, 5.41) is 11.4. The molecule has 8 nitrogen and oxygen atoms in total. The van der Waals surface area contributed by atoms with Gasteiger partial charge in [0.15, 0.2) is 0 Å². The van der Waals surface area contributed by atoms with Gasteiger partial charge >= 0.3 is 5.97 Å². The Morgan fingerprint density at radius 3 is 2.50 bits per heavy atom. The molecule has 172 valence electrons. The number of nitrogens with zero attached hydrogens (tertiary/aromatic N) is 1. The van der Waals surface area contributed by atoms with Crippen molar-refractivity contribution in [3.05, 3.63) is 82.0 Å². The summed E-state index contributed by atoms with van der Waals surface area (Å²) in [5.41, 5.74) is 2.94. The fourth-order valence-corrected chi connectivity index (χ4v) is 4.27. The van der Waals surface area contributed by atoms with E-state index in [0.29, 0.717) is 28.3 Å². The Labute approximate surface area is 199 Å². The van der Waals surface area contributed by atoms with Gasteiger partial charge in [-0.1, -0.05) is 29.8 Å². The van der Waals surface area contributed by atoms with Crippen LogP contribution in [0.25, 0.3) is 17.4 Å². The summed E-state index contributed by atoms with van der Waals surface area (Å²) >= 11 is 0.722. The van der Waals surface area contributed by atoms with Gasteiger partial charge in [-0.3, -0.25) is 19.3 Å². The second-order valence-corrected chi connectivity index (χ2v) is 8.66. The van der Waals surface area contributed by atoms with Crippen LogP contribution in [0.15, 0.2) is 63.9 Å². The molecule has 3 aromatic rings. The molecule has 2 N–H and O–H groups in total. The van der Waals surface area contributed by atoms with E-state index < -0.39 is 29.6 Å². The maximum atomic E-state index is 12.7. The van der Waals surface area contributed by atoms with Crippen molar-refractivity contribution in [1.82, 2.24) is 4.90 Å². The molecule has 0 spiro atoms. The molecule has 34 heavy (non-hydrogen) atoms. The highest BCUT2D eigenvalue weighted by Gasteiger charge is 2.36. The Bertz CT molecular complexity index is 1340. The van der Waals surface area contributed by atoms with Gasteiger partial charge in [0.25, 0.3) is 11.1 Å². The van der Waals surface area contributed by atoms with Gasteiger partial charge in [0.1, 0.15) is 18.1 Å². The van der Waals surface area contributed by atoms with Crippen LogP contribution in [0, 0.1) is 13.8 Å². The molecule has 0 atom stereocenters. The van der Waals surface area contributed by atoms with Crippen LogP contribution in [0.4, 0.5) is 10.5 Å². The number of anilines is 1. The molecule has 9 heteroatoms. The number of carboxylic acids is 1. The average Bonchev–Trinajstić information content (AvgIpc) is 3.35. The number of carbonyl (C=O) groups is 4. The van der Waals surface area contributed by atoms with E-state index in [2.05, 4.69) is 5.32 Å². The maximum Gasteiger partial charge on any atom is 0.335 e. The number of thioether (sulfide) groups is 1. The lowest BCUT2D eigenvalue weighted by atomic mass is 10.0. The van der Waals surface area contributed by atoms with Crippen LogP contribution < -0.4 is 5.32 Å². The Balaban J connectivity index is 1.48. The van der Waals surface area contributed by atoms with Crippen LogP contribution in [-0.4, -0.2) is 39.6 Å². The van der Waals surface area contributed by atoms with Gasteiger partial charge in [-0.05, 0) is 61.5 Å². The van der Waals surface area contributed by atoms with E-state index in [1.807, 2.05) is 19.1 Å². The maximum absolute atomic E-state index is 12.7. The zero-order chi connectivity index (χ0) is 24.4. The molecule has 0 aliphatic carbocycles. The predicted molar refractivity (Wildman–Crippen MR) is 128 cm³/mol. The summed E-state index contributed by atoms with van der Waals surface area (Å²) in [6.07, 6.45) is 1.43. The quantitative estimate of drug-likeness (QED) is 0.484. The highest BCUT2D eigenvalue weighted by atomic mass is 32.2. The van der Waals surface area contributed by atoms with Crippen LogP contribution in [0.3, 0.4) is 0 Å². The van der Waals surface area contributed by atoms with Gasteiger partial charge in [-0.2, -0.15) is 0 Å². The number of rotatable bonds is 6. The van der Waals surface area contributed by atoms with E-state index in [1.54, 1.807) is 43.3 Å². The van der Waals surface area contributed by atoms with Crippen LogP contribution >= 0.6 is 11.8 Å². The van der Waals surface area contributed by atoms with Crippen molar-refractivity contribution in [2.24, 2.45) is 0 Å².